The molecule has 0 aliphatic carbocycles. The van der Waals surface area contributed by atoms with E-state index in [2.05, 4.69) is 5.32 Å². The van der Waals surface area contributed by atoms with E-state index in [1.807, 2.05) is 60.7 Å². The van der Waals surface area contributed by atoms with Crippen LogP contribution in [-0.4, -0.2) is 35.1 Å². The highest BCUT2D eigenvalue weighted by atomic mass is 32.1. The molecule has 2 heterocycles. The summed E-state index contributed by atoms with van der Waals surface area (Å²) < 4.78 is 5.82. The number of benzene rings is 2. The summed E-state index contributed by atoms with van der Waals surface area (Å²) in [6.07, 6.45) is 3.45. The van der Waals surface area contributed by atoms with Crippen LogP contribution in [0.3, 0.4) is 0 Å². The molecular weight excluding hydrogens is 460 g/mol. The molecule has 3 aromatic rings. The second-order valence-corrected chi connectivity index (χ2v) is 9.59. The first-order chi connectivity index (χ1) is 17.0. The van der Waals surface area contributed by atoms with E-state index in [0.29, 0.717) is 31.5 Å². The van der Waals surface area contributed by atoms with Gasteiger partial charge in [-0.15, -0.1) is 11.3 Å². The number of carbonyl (C=O) groups is 2. The van der Waals surface area contributed by atoms with Crippen LogP contribution in [0, 0.1) is 5.41 Å². The van der Waals surface area contributed by atoms with Gasteiger partial charge < -0.3 is 20.7 Å². The van der Waals surface area contributed by atoms with Crippen molar-refractivity contribution in [1.29, 1.82) is 5.41 Å². The number of amides is 2. The number of amidine groups is 1. The number of nitrogen functional groups attached to an aromatic ring is 1. The van der Waals surface area contributed by atoms with Crippen molar-refractivity contribution in [2.75, 3.05) is 6.54 Å². The Hall–Kier alpha value is -3.65. The highest BCUT2D eigenvalue weighted by Gasteiger charge is 2.33. The molecule has 2 aromatic carbocycles. The van der Waals surface area contributed by atoms with Crippen LogP contribution in [0.2, 0.25) is 0 Å². The number of hydrogen-bond donors (Lipinski definition) is 3. The van der Waals surface area contributed by atoms with Crippen molar-refractivity contribution in [2.24, 2.45) is 5.73 Å². The molecule has 0 saturated carbocycles. The maximum Gasteiger partial charge on any atom is 0.243 e. The molecule has 1 atom stereocenters. The number of rotatable bonds is 10. The van der Waals surface area contributed by atoms with Crippen molar-refractivity contribution in [2.45, 2.75) is 44.7 Å². The number of nitrogens with two attached hydrogens (primary N) is 1. The van der Waals surface area contributed by atoms with Crippen molar-refractivity contribution < 1.29 is 14.3 Å². The second-order valence-electron chi connectivity index (χ2n) is 8.59. The van der Waals surface area contributed by atoms with Gasteiger partial charge in [-0.3, -0.25) is 15.0 Å². The molecule has 1 fully saturated rings. The fraction of sp³-hybridized carbons (Fsp3) is 0.296. The van der Waals surface area contributed by atoms with Gasteiger partial charge in [0.2, 0.25) is 11.8 Å². The summed E-state index contributed by atoms with van der Waals surface area (Å²) in [5, 5.41) is 12.2. The van der Waals surface area contributed by atoms with E-state index >= 15 is 0 Å². The van der Waals surface area contributed by atoms with E-state index in [4.69, 9.17) is 15.9 Å². The number of nitrogens with zero attached hydrogens (tertiary/aromatic N) is 1. The minimum Gasteiger partial charge on any atom is -0.457 e. The number of para-hydroxylation sites is 1. The topological polar surface area (TPSA) is 109 Å². The predicted octanol–water partition coefficient (Wildman–Crippen LogP) is 4.45. The quantitative estimate of drug-likeness (QED) is 0.288. The van der Waals surface area contributed by atoms with Gasteiger partial charge in [-0.05, 0) is 61.6 Å². The van der Waals surface area contributed by atoms with Crippen LogP contribution in [0.15, 0.2) is 66.0 Å². The number of nitrogens with one attached hydrogen (secondary N) is 2. The zero-order valence-electron chi connectivity index (χ0n) is 19.5. The molecule has 0 unspecified atom stereocenters. The Bertz CT molecular complexity index is 1160. The van der Waals surface area contributed by atoms with E-state index in [1.54, 1.807) is 10.3 Å². The normalized spacial score (nSPS) is 15.1. The third-order valence-corrected chi connectivity index (χ3v) is 6.97. The minimum absolute atomic E-state index is 0.0165. The van der Waals surface area contributed by atoms with E-state index in [0.717, 1.165) is 41.2 Å². The lowest BCUT2D eigenvalue weighted by Crippen LogP contribution is -2.45. The van der Waals surface area contributed by atoms with Gasteiger partial charge in [-0.2, -0.15) is 0 Å². The second kappa shape index (κ2) is 11.7. The third kappa shape index (κ3) is 6.70. The highest BCUT2D eigenvalue weighted by Crippen LogP contribution is 2.23. The Balaban J connectivity index is 1.22. The van der Waals surface area contributed by atoms with Crippen LogP contribution < -0.4 is 15.8 Å². The zero-order valence-corrected chi connectivity index (χ0v) is 20.4. The fourth-order valence-corrected chi connectivity index (χ4v) is 5.00. The average Bonchev–Trinajstić information content (AvgIpc) is 3.55. The monoisotopic (exact) mass is 490 g/mol. The molecule has 1 aliphatic rings. The number of thiophene rings is 1. The van der Waals surface area contributed by atoms with Gasteiger partial charge in [-0.25, -0.2) is 0 Å². The Morgan fingerprint density at radius 2 is 1.86 bits per heavy atom. The molecule has 4 N–H and O–H groups in total. The van der Waals surface area contributed by atoms with E-state index in [-0.39, 0.29) is 17.6 Å². The fourth-order valence-electron chi connectivity index (χ4n) is 4.18. The number of likely N-dealkylation sites (tertiary alicyclic amines) is 1. The van der Waals surface area contributed by atoms with Gasteiger partial charge in [0, 0.05) is 28.8 Å². The van der Waals surface area contributed by atoms with Crippen LogP contribution in [0.5, 0.6) is 11.5 Å². The molecule has 7 nitrogen and oxygen atoms in total. The standard InChI is InChI=1S/C27H30N4O3S/c28-26(29)20-16-23(35-18-20)17-30-27(33)24-9-5-15-31(24)25(32)10-4-6-19-11-13-22(14-12-19)34-21-7-2-1-3-8-21/h1-3,7-8,11-14,16,18,24H,4-6,9-10,15,17H2,(H3,28,29)(H,30,33)/t24-/m0/s1. The Morgan fingerprint density at radius 1 is 1.11 bits per heavy atom. The molecule has 0 radical (unpaired) electrons. The van der Waals surface area contributed by atoms with Gasteiger partial charge in [0.15, 0.2) is 0 Å². The van der Waals surface area contributed by atoms with E-state index < -0.39 is 6.04 Å². The molecule has 1 saturated heterocycles. The van der Waals surface area contributed by atoms with Crippen molar-refractivity contribution in [3.63, 3.8) is 0 Å². The molecule has 4 rings (SSSR count). The highest BCUT2D eigenvalue weighted by molar-refractivity contribution is 7.10. The summed E-state index contributed by atoms with van der Waals surface area (Å²) in [6, 6.07) is 19.0. The summed E-state index contributed by atoms with van der Waals surface area (Å²) in [7, 11) is 0. The maximum atomic E-state index is 12.9. The molecular formula is C27H30N4O3S. The van der Waals surface area contributed by atoms with Gasteiger partial charge in [0.05, 0.1) is 6.54 Å². The summed E-state index contributed by atoms with van der Waals surface area (Å²) in [5.41, 5.74) is 7.31. The SMILES string of the molecule is N=C(N)c1csc(CNC(=O)[C@@H]2CCCN2C(=O)CCCc2ccc(Oc3ccccc3)cc2)c1. The van der Waals surface area contributed by atoms with Crippen LogP contribution in [0.1, 0.15) is 41.7 Å². The predicted molar refractivity (Wildman–Crippen MR) is 138 cm³/mol. The molecule has 0 bridgehead atoms. The number of ether oxygens (including phenoxy) is 1. The zero-order chi connectivity index (χ0) is 24.6. The van der Waals surface area contributed by atoms with Gasteiger partial charge in [0.1, 0.15) is 23.4 Å². The molecule has 0 spiro atoms. The van der Waals surface area contributed by atoms with Crippen molar-refractivity contribution in [3.8, 4) is 11.5 Å². The Kier molecular flexibility index (Phi) is 8.15. The van der Waals surface area contributed by atoms with Crippen molar-refractivity contribution >= 4 is 29.0 Å². The minimum atomic E-state index is -0.413. The molecule has 182 valence electrons. The summed E-state index contributed by atoms with van der Waals surface area (Å²) in [4.78, 5) is 28.3. The Morgan fingerprint density at radius 3 is 2.57 bits per heavy atom. The summed E-state index contributed by atoms with van der Waals surface area (Å²) in [5.74, 6) is 1.50. The number of carbonyl (C=O) groups excluding carboxylic acids is 2. The third-order valence-electron chi connectivity index (χ3n) is 6.04. The van der Waals surface area contributed by atoms with Gasteiger partial charge in [0.25, 0.3) is 0 Å². The van der Waals surface area contributed by atoms with Crippen LogP contribution >= 0.6 is 11.3 Å². The molecule has 35 heavy (non-hydrogen) atoms. The first-order valence-corrected chi connectivity index (χ1v) is 12.7. The van der Waals surface area contributed by atoms with Gasteiger partial charge in [-0.1, -0.05) is 30.3 Å². The van der Waals surface area contributed by atoms with E-state index in [9.17, 15) is 9.59 Å². The summed E-state index contributed by atoms with van der Waals surface area (Å²) in [6.45, 7) is 0.995. The lowest BCUT2D eigenvalue weighted by Gasteiger charge is -2.24. The van der Waals surface area contributed by atoms with Gasteiger partial charge >= 0.3 is 0 Å². The lowest BCUT2D eigenvalue weighted by molar-refractivity contribution is -0.138. The number of hydrogen-bond acceptors (Lipinski definition) is 5. The van der Waals surface area contributed by atoms with Crippen LogP contribution in [-0.2, 0) is 22.6 Å². The average molecular weight is 491 g/mol. The number of aryl methyl sites for hydroxylation is 1. The molecule has 2 amide bonds. The van der Waals surface area contributed by atoms with Crippen molar-refractivity contribution in [1.82, 2.24) is 10.2 Å². The van der Waals surface area contributed by atoms with Crippen LogP contribution in [0.25, 0.3) is 0 Å². The van der Waals surface area contributed by atoms with Crippen LogP contribution in [0.4, 0.5) is 0 Å². The molecule has 1 aromatic heterocycles. The van der Waals surface area contributed by atoms with Crippen molar-refractivity contribution in [3.05, 3.63) is 82.0 Å². The molecule has 8 heteroatoms. The maximum absolute atomic E-state index is 12.9. The Labute approximate surface area is 209 Å². The first-order valence-electron chi connectivity index (χ1n) is 11.8. The lowest BCUT2D eigenvalue weighted by atomic mass is 10.1. The molecule has 1 aliphatic heterocycles. The smallest absolute Gasteiger partial charge is 0.243 e. The van der Waals surface area contributed by atoms with E-state index in [1.165, 1.54) is 11.3 Å². The largest absolute Gasteiger partial charge is 0.457 e. The first kappa shape index (κ1) is 24.5. The summed E-state index contributed by atoms with van der Waals surface area (Å²) >= 11 is 1.46.